The molecule has 258 valence electrons. The molecule has 1 heterocycles. The smallest absolute Gasteiger partial charge is 0.112 e. The summed E-state index contributed by atoms with van der Waals surface area (Å²) < 4.78 is 5.71. The third kappa shape index (κ3) is 12.4. The first-order valence-electron chi connectivity index (χ1n) is 18.1. The molecule has 3 heteroatoms. The van der Waals surface area contributed by atoms with Gasteiger partial charge in [0, 0.05) is 0 Å². The fraction of sp³-hybridized carbons (Fsp3) is 0.422. The van der Waals surface area contributed by atoms with Crippen LogP contribution in [0.3, 0.4) is 0 Å². The van der Waals surface area contributed by atoms with Crippen LogP contribution in [0.1, 0.15) is 106 Å². The molecular weight excluding hydrogens is 667 g/mol. The Morgan fingerprint density at radius 3 is 1.38 bits per heavy atom. The van der Waals surface area contributed by atoms with E-state index in [1.165, 1.54) is 63.6 Å². The summed E-state index contributed by atoms with van der Waals surface area (Å²) in [6, 6.07) is 33.8. The molecule has 1 aliphatic rings. The van der Waals surface area contributed by atoms with Crippen molar-refractivity contribution in [3.05, 3.63) is 138 Å². The maximum Gasteiger partial charge on any atom is 0.112 e. The Balaban J connectivity index is 0.00000625. The van der Waals surface area contributed by atoms with E-state index in [2.05, 4.69) is 157 Å². The van der Waals surface area contributed by atoms with Crippen molar-refractivity contribution in [3.8, 4) is 0 Å². The van der Waals surface area contributed by atoms with Crippen molar-refractivity contribution in [2.24, 2.45) is 0 Å². The third-order valence-electron chi connectivity index (χ3n) is 9.84. The first-order valence-corrected chi connectivity index (χ1v) is 20.0. The Hall–Kier alpha value is -2.51. The Bertz CT molecular complexity index is 1390. The second-order valence-corrected chi connectivity index (χ2v) is 17.9. The number of hydrogen-bond acceptors (Lipinski definition) is 1. The molecule has 0 spiro atoms. The largest absolute Gasteiger partial charge is 1.00 e. The first-order chi connectivity index (χ1) is 22.7. The van der Waals surface area contributed by atoms with E-state index in [1.807, 2.05) is 0 Å². The van der Waals surface area contributed by atoms with Gasteiger partial charge in [-0.15, -0.1) is 0 Å². The van der Waals surface area contributed by atoms with E-state index in [4.69, 9.17) is 4.74 Å². The summed E-state index contributed by atoms with van der Waals surface area (Å²) in [6.45, 7) is 13.6. The van der Waals surface area contributed by atoms with Crippen LogP contribution >= 0.6 is 7.26 Å². The molecule has 1 nitrogen and oxygen atoms in total. The Morgan fingerprint density at radius 1 is 0.562 bits per heavy atom. The zero-order valence-electron chi connectivity index (χ0n) is 30.6. The van der Waals surface area contributed by atoms with Crippen LogP contribution in [0.15, 0.2) is 138 Å². The summed E-state index contributed by atoms with van der Waals surface area (Å²) in [4.78, 5) is 0. The Labute approximate surface area is 304 Å². The maximum atomic E-state index is 5.71. The topological polar surface area (TPSA) is 12.5 Å². The van der Waals surface area contributed by atoms with E-state index in [1.54, 1.807) is 0 Å². The van der Waals surface area contributed by atoms with Crippen LogP contribution in [0.25, 0.3) is 0 Å². The normalized spacial score (nSPS) is 16.8. The number of benzene rings is 3. The van der Waals surface area contributed by atoms with Crippen LogP contribution in [-0.4, -0.2) is 17.9 Å². The Morgan fingerprint density at radius 2 is 0.938 bits per heavy atom. The van der Waals surface area contributed by atoms with Gasteiger partial charge in [-0.2, -0.15) is 0 Å². The summed E-state index contributed by atoms with van der Waals surface area (Å²) in [7, 11) is -1.74. The van der Waals surface area contributed by atoms with Gasteiger partial charge in [-0.1, -0.05) is 101 Å². The highest BCUT2D eigenvalue weighted by Gasteiger charge is 2.46. The summed E-state index contributed by atoms with van der Waals surface area (Å²) in [5, 5.41) is 4.45. The molecule has 0 N–H and O–H groups in total. The second kappa shape index (κ2) is 20.2. The monoisotopic (exact) mass is 726 g/mol. The minimum atomic E-state index is -1.74. The first kappa shape index (κ1) is 39.9. The molecule has 1 fully saturated rings. The number of allylic oxidation sites excluding steroid dienone is 8. The number of rotatable bonds is 19. The number of epoxide rings is 1. The van der Waals surface area contributed by atoms with Crippen molar-refractivity contribution in [2.75, 3.05) is 6.16 Å². The maximum absolute atomic E-state index is 5.71. The average Bonchev–Trinajstić information content (AvgIpc) is 3.70. The van der Waals surface area contributed by atoms with Gasteiger partial charge in [0.2, 0.25) is 0 Å². The number of unbranched alkanes of at least 4 members (excludes halogenated alkanes) is 1. The fourth-order valence-corrected chi connectivity index (χ4v) is 11.1. The lowest BCUT2D eigenvalue weighted by atomic mass is 10.0. The van der Waals surface area contributed by atoms with Crippen LogP contribution < -0.4 is 32.9 Å². The van der Waals surface area contributed by atoms with E-state index in [0.29, 0.717) is 6.10 Å². The van der Waals surface area contributed by atoms with Crippen LogP contribution in [0.2, 0.25) is 0 Å². The quantitative estimate of drug-likeness (QED) is 0.0521. The van der Waals surface area contributed by atoms with Gasteiger partial charge in [0.15, 0.2) is 0 Å². The van der Waals surface area contributed by atoms with Gasteiger partial charge in [0.25, 0.3) is 0 Å². The molecular formula is C45H60BrOP. The van der Waals surface area contributed by atoms with E-state index in [0.717, 1.165) is 44.9 Å². The molecule has 3 aromatic rings. The molecule has 0 aliphatic carbocycles. The van der Waals surface area contributed by atoms with E-state index in [-0.39, 0.29) is 22.6 Å². The molecule has 0 aromatic heterocycles. The number of ether oxygens (including phenoxy) is 1. The number of hydrogen-bond donors (Lipinski definition) is 0. The van der Waals surface area contributed by atoms with Gasteiger partial charge in [0.1, 0.15) is 23.2 Å². The van der Waals surface area contributed by atoms with Crippen molar-refractivity contribution in [1.82, 2.24) is 0 Å². The molecule has 3 aromatic carbocycles. The fourth-order valence-electron chi connectivity index (χ4n) is 6.71. The predicted molar refractivity (Wildman–Crippen MR) is 210 cm³/mol. The summed E-state index contributed by atoms with van der Waals surface area (Å²) in [5.41, 5.74) is 6.20. The molecule has 1 atom stereocenters. The van der Waals surface area contributed by atoms with Crippen LogP contribution in [0, 0.1) is 0 Å². The van der Waals surface area contributed by atoms with E-state index < -0.39 is 7.26 Å². The standard InChI is InChI=1S/C45H60OP.BrH/c1-37(21-16-17-22-39(3)34-35-40(4)25-19-33-44-45(5,6)46-44)23-18-24-38(2)26-20-36-47(41-27-10-7-11-28-41,42-29-12-8-13-30-42)43-31-14-9-15-32-43;/h7-15,21-22,24-25,27-32,44H,16-20,23,26,33-36H2,1-6H3;1H/q+1;/p-1/b37-21+,38-24+,39-22+,40-25+;. The molecule has 4 rings (SSSR count). The van der Waals surface area contributed by atoms with Gasteiger partial charge in [0.05, 0.1) is 17.9 Å². The van der Waals surface area contributed by atoms with Crippen molar-refractivity contribution in [2.45, 2.75) is 117 Å². The van der Waals surface area contributed by atoms with E-state index in [9.17, 15) is 0 Å². The lowest BCUT2D eigenvalue weighted by Gasteiger charge is -2.27. The highest BCUT2D eigenvalue weighted by atomic mass is 79.9. The molecule has 0 radical (unpaired) electrons. The molecule has 0 saturated carbocycles. The molecule has 0 bridgehead atoms. The van der Waals surface area contributed by atoms with Gasteiger partial charge >= 0.3 is 0 Å². The van der Waals surface area contributed by atoms with Crippen LogP contribution in [0.5, 0.6) is 0 Å². The van der Waals surface area contributed by atoms with Gasteiger partial charge < -0.3 is 21.7 Å². The van der Waals surface area contributed by atoms with Gasteiger partial charge in [-0.25, -0.2) is 0 Å². The number of halogens is 1. The highest BCUT2D eigenvalue weighted by Crippen LogP contribution is 2.56. The molecule has 1 aliphatic heterocycles. The van der Waals surface area contributed by atoms with Crippen molar-refractivity contribution in [1.29, 1.82) is 0 Å². The lowest BCUT2D eigenvalue weighted by molar-refractivity contribution is -0.0000111. The molecule has 48 heavy (non-hydrogen) atoms. The van der Waals surface area contributed by atoms with Gasteiger partial charge in [-0.05, 0) is 142 Å². The molecule has 0 amide bonds. The van der Waals surface area contributed by atoms with Crippen molar-refractivity contribution >= 4 is 23.2 Å². The molecule has 1 unspecified atom stereocenters. The zero-order chi connectivity index (χ0) is 33.5. The minimum Gasteiger partial charge on any atom is -1.00 e. The highest BCUT2D eigenvalue weighted by molar-refractivity contribution is 7.95. The van der Waals surface area contributed by atoms with Crippen molar-refractivity contribution < 1.29 is 21.7 Å². The van der Waals surface area contributed by atoms with Gasteiger partial charge in [-0.3, -0.25) is 0 Å². The average molecular weight is 728 g/mol. The van der Waals surface area contributed by atoms with Crippen molar-refractivity contribution in [3.63, 3.8) is 0 Å². The third-order valence-corrected chi connectivity index (χ3v) is 14.4. The second-order valence-electron chi connectivity index (χ2n) is 14.2. The minimum absolute atomic E-state index is 0. The van der Waals surface area contributed by atoms with Crippen LogP contribution in [-0.2, 0) is 4.74 Å². The Kier molecular flexibility index (Phi) is 16.8. The summed E-state index contributed by atoms with van der Waals surface area (Å²) >= 11 is 0. The summed E-state index contributed by atoms with van der Waals surface area (Å²) in [6.07, 6.45) is 23.0. The molecule has 1 saturated heterocycles. The predicted octanol–water partition coefficient (Wildman–Crippen LogP) is 8.85. The van der Waals surface area contributed by atoms with Crippen LogP contribution in [0.4, 0.5) is 0 Å². The SMILES string of the molecule is C/C(=C\CC/C=C(\C)CC/C(C)=C/CCC1OC1(C)C)CC/C=C(\C)CCC[P+](c1ccccc1)(c1ccccc1)c1ccccc1.[Br-]. The zero-order valence-corrected chi connectivity index (χ0v) is 33.0. The van der Waals surface area contributed by atoms with E-state index >= 15 is 0 Å². The lowest BCUT2D eigenvalue weighted by Crippen LogP contribution is -3.00. The summed E-state index contributed by atoms with van der Waals surface area (Å²) in [5.74, 6) is 0.